The average molecular weight is 422 g/mol. The number of aliphatic imine (C=N–C) groups is 1. The number of anilines is 2. The highest BCUT2D eigenvalue weighted by atomic mass is 35.5. The van der Waals surface area contributed by atoms with Gasteiger partial charge in [-0.3, -0.25) is 4.99 Å². The molecule has 0 fully saturated rings. The van der Waals surface area contributed by atoms with E-state index < -0.39 is 6.10 Å². The average Bonchev–Trinajstić information content (AvgIpc) is 3.17. The second-order valence-corrected chi connectivity index (χ2v) is 7.15. The molecule has 4 aromatic rings. The van der Waals surface area contributed by atoms with Crippen LogP contribution in [0.15, 0.2) is 76.2 Å². The Balaban J connectivity index is 1.58. The first-order valence-electron chi connectivity index (χ1n) is 9.45. The zero-order valence-electron chi connectivity index (χ0n) is 16.0. The Bertz CT molecular complexity index is 1180. The minimum Gasteiger partial charge on any atom is -0.394 e. The summed E-state index contributed by atoms with van der Waals surface area (Å²) in [5.41, 5.74) is 4.10. The molecule has 0 amide bonds. The van der Waals surface area contributed by atoms with Crippen molar-refractivity contribution in [1.29, 1.82) is 0 Å². The van der Waals surface area contributed by atoms with Gasteiger partial charge < -0.3 is 20.1 Å². The summed E-state index contributed by atoms with van der Waals surface area (Å²) in [4.78, 5) is 4.11. The Morgan fingerprint density at radius 1 is 1.10 bits per heavy atom. The van der Waals surface area contributed by atoms with E-state index in [1.807, 2.05) is 66.7 Å². The van der Waals surface area contributed by atoms with E-state index in [0.29, 0.717) is 16.4 Å². The quantitative estimate of drug-likeness (QED) is 0.377. The molecule has 1 unspecified atom stereocenters. The molecule has 152 valence electrons. The molecule has 0 saturated carbocycles. The van der Waals surface area contributed by atoms with E-state index in [4.69, 9.17) is 21.2 Å². The summed E-state index contributed by atoms with van der Waals surface area (Å²) in [6, 6.07) is 21.3. The van der Waals surface area contributed by atoms with Crippen LogP contribution < -0.4 is 5.32 Å². The van der Waals surface area contributed by atoms with Gasteiger partial charge in [0.1, 0.15) is 0 Å². The maximum atomic E-state index is 9.35. The number of rotatable bonds is 7. The number of nitrogens with zero attached hydrogens (tertiary/aromatic N) is 2. The predicted octanol–water partition coefficient (Wildman–Crippen LogP) is 4.66. The standard InChI is InChI=1S/C23H20ClN3O3/c24-22-18(16-5-2-1-3-6-16)7-4-8-20(22)26-23-19-10-9-15(11-21(19)30-27-23)12-25-13-17(29)14-28/h1-12,17,28-29H,13-14H2,(H,26,27). The summed E-state index contributed by atoms with van der Waals surface area (Å²) in [7, 11) is 0. The Hall–Kier alpha value is -3.19. The first kappa shape index (κ1) is 20.1. The molecule has 30 heavy (non-hydrogen) atoms. The molecule has 0 radical (unpaired) electrons. The van der Waals surface area contributed by atoms with Crippen molar-refractivity contribution in [2.75, 3.05) is 18.5 Å². The van der Waals surface area contributed by atoms with Crippen molar-refractivity contribution in [2.45, 2.75) is 6.10 Å². The molecular formula is C23H20ClN3O3. The second kappa shape index (κ2) is 9.09. The van der Waals surface area contributed by atoms with E-state index in [-0.39, 0.29) is 13.2 Å². The SMILES string of the molecule is OCC(O)CN=Cc1ccc2c(Nc3cccc(-c4ccccc4)c3Cl)noc2c1. The van der Waals surface area contributed by atoms with Crippen LogP contribution in [0, 0.1) is 0 Å². The van der Waals surface area contributed by atoms with E-state index >= 15 is 0 Å². The van der Waals surface area contributed by atoms with Gasteiger partial charge in [0.2, 0.25) is 0 Å². The second-order valence-electron chi connectivity index (χ2n) is 6.78. The molecule has 0 bridgehead atoms. The fourth-order valence-corrected chi connectivity index (χ4v) is 3.34. The van der Waals surface area contributed by atoms with Gasteiger partial charge in [0, 0.05) is 11.8 Å². The van der Waals surface area contributed by atoms with Crippen LogP contribution >= 0.6 is 11.6 Å². The molecular weight excluding hydrogens is 402 g/mol. The number of hydrogen-bond donors (Lipinski definition) is 3. The molecule has 1 aromatic heterocycles. The minimum absolute atomic E-state index is 0.133. The molecule has 6 nitrogen and oxygen atoms in total. The summed E-state index contributed by atoms with van der Waals surface area (Å²) in [6.07, 6.45) is 0.760. The van der Waals surface area contributed by atoms with Crippen molar-refractivity contribution < 1.29 is 14.7 Å². The third kappa shape index (κ3) is 4.36. The van der Waals surface area contributed by atoms with E-state index in [1.165, 1.54) is 0 Å². The van der Waals surface area contributed by atoms with E-state index in [1.54, 1.807) is 6.21 Å². The molecule has 1 atom stereocenters. The molecule has 3 N–H and O–H groups in total. The van der Waals surface area contributed by atoms with Crippen molar-refractivity contribution in [3.05, 3.63) is 77.3 Å². The monoisotopic (exact) mass is 421 g/mol. The molecule has 0 aliphatic heterocycles. The Kier molecular flexibility index (Phi) is 6.09. The lowest BCUT2D eigenvalue weighted by atomic mass is 10.0. The van der Waals surface area contributed by atoms with Crippen LogP contribution in [0.25, 0.3) is 22.1 Å². The van der Waals surface area contributed by atoms with Crippen LogP contribution in [0.4, 0.5) is 11.5 Å². The number of aliphatic hydroxyl groups is 2. The first-order chi connectivity index (χ1) is 14.7. The highest BCUT2D eigenvalue weighted by Crippen LogP contribution is 2.36. The number of benzene rings is 3. The largest absolute Gasteiger partial charge is 0.394 e. The predicted molar refractivity (Wildman–Crippen MR) is 120 cm³/mol. The summed E-state index contributed by atoms with van der Waals surface area (Å²) in [5, 5.41) is 27.0. The minimum atomic E-state index is -0.859. The molecule has 0 saturated heterocycles. The number of hydrogen-bond acceptors (Lipinski definition) is 6. The molecule has 0 aliphatic rings. The zero-order chi connectivity index (χ0) is 20.9. The van der Waals surface area contributed by atoms with Gasteiger partial charge in [-0.2, -0.15) is 0 Å². The molecule has 4 rings (SSSR count). The van der Waals surface area contributed by atoms with Crippen molar-refractivity contribution in [1.82, 2.24) is 5.16 Å². The fourth-order valence-electron chi connectivity index (χ4n) is 3.06. The first-order valence-corrected chi connectivity index (χ1v) is 9.82. The number of halogens is 1. The summed E-state index contributed by atoms with van der Waals surface area (Å²) in [5.74, 6) is 0.566. The van der Waals surface area contributed by atoms with Crippen LogP contribution in [0.2, 0.25) is 5.02 Å². The molecule has 1 heterocycles. The van der Waals surface area contributed by atoms with Gasteiger partial charge in [0.05, 0.1) is 35.4 Å². The number of fused-ring (bicyclic) bond motifs is 1. The maximum absolute atomic E-state index is 9.35. The smallest absolute Gasteiger partial charge is 0.181 e. The van der Waals surface area contributed by atoms with Crippen molar-refractivity contribution >= 4 is 40.3 Å². The lowest BCUT2D eigenvalue weighted by Gasteiger charge is -2.10. The van der Waals surface area contributed by atoms with Crippen LogP contribution in [0.5, 0.6) is 0 Å². The van der Waals surface area contributed by atoms with Gasteiger partial charge in [-0.05, 0) is 29.3 Å². The van der Waals surface area contributed by atoms with Crippen molar-refractivity contribution in [2.24, 2.45) is 4.99 Å². The molecule has 3 aromatic carbocycles. The van der Waals surface area contributed by atoms with Gasteiger partial charge in [0.25, 0.3) is 0 Å². The summed E-state index contributed by atoms with van der Waals surface area (Å²) < 4.78 is 5.46. The van der Waals surface area contributed by atoms with Gasteiger partial charge in [-0.15, -0.1) is 0 Å². The van der Waals surface area contributed by atoms with Gasteiger partial charge in [-0.25, -0.2) is 0 Å². The highest BCUT2D eigenvalue weighted by Gasteiger charge is 2.13. The van der Waals surface area contributed by atoms with E-state index in [0.717, 1.165) is 27.8 Å². The third-order valence-corrected chi connectivity index (χ3v) is 5.01. The third-order valence-electron chi connectivity index (χ3n) is 4.60. The van der Waals surface area contributed by atoms with Crippen molar-refractivity contribution in [3.8, 4) is 11.1 Å². The zero-order valence-corrected chi connectivity index (χ0v) is 16.8. The molecule has 0 aliphatic carbocycles. The van der Waals surface area contributed by atoms with Crippen LogP contribution in [-0.4, -0.2) is 40.8 Å². The van der Waals surface area contributed by atoms with Crippen LogP contribution in [0.3, 0.4) is 0 Å². The number of aromatic nitrogens is 1. The Labute approximate surface area is 178 Å². The fraction of sp³-hybridized carbons (Fsp3) is 0.130. The van der Waals surface area contributed by atoms with Crippen LogP contribution in [-0.2, 0) is 0 Å². The highest BCUT2D eigenvalue weighted by molar-refractivity contribution is 6.36. The van der Waals surface area contributed by atoms with Gasteiger partial charge >= 0.3 is 0 Å². The summed E-state index contributed by atoms with van der Waals surface area (Å²) >= 11 is 6.65. The maximum Gasteiger partial charge on any atom is 0.181 e. The number of nitrogens with one attached hydrogen (secondary N) is 1. The van der Waals surface area contributed by atoms with Crippen LogP contribution in [0.1, 0.15) is 5.56 Å². The van der Waals surface area contributed by atoms with Crippen molar-refractivity contribution in [3.63, 3.8) is 0 Å². The Morgan fingerprint density at radius 2 is 1.93 bits per heavy atom. The van der Waals surface area contributed by atoms with Gasteiger partial charge in [0.15, 0.2) is 11.4 Å². The normalized spacial score (nSPS) is 12.5. The van der Waals surface area contributed by atoms with E-state index in [9.17, 15) is 5.11 Å². The number of aliphatic hydroxyl groups excluding tert-OH is 2. The van der Waals surface area contributed by atoms with Gasteiger partial charge in [-0.1, -0.05) is 65.3 Å². The van der Waals surface area contributed by atoms with E-state index in [2.05, 4.69) is 15.5 Å². The lowest BCUT2D eigenvalue weighted by molar-refractivity contribution is 0.102. The molecule has 0 spiro atoms. The summed E-state index contributed by atoms with van der Waals surface area (Å²) in [6.45, 7) is -0.185. The Morgan fingerprint density at radius 3 is 2.73 bits per heavy atom. The molecule has 7 heteroatoms. The topological polar surface area (TPSA) is 90.9 Å². The lowest BCUT2D eigenvalue weighted by Crippen LogP contribution is -2.15.